The van der Waals surface area contributed by atoms with Gasteiger partial charge in [0.25, 0.3) is 0 Å². The van der Waals surface area contributed by atoms with Gasteiger partial charge in [-0.2, -0.15) is 8.42 Å². The minimum atomic E-state index is -3.91. The molecule has 2 aromatic heterocycles. The highest BCUT2D eigenvalue weighted by molar-refractivity contribution is 7.84. The minimum absolute atomic E-state index is 0.117. The van der Waals surface area contributed by atoms with E-state index in [-0.39, 0.29) is 18.6 Å². The molecule has 3 atom stereocenters. The quantitative estimate of drug-likeness (QED) is 0.657. The zero-order valence-electron chi connectivity index (χ0n) is 15.5. The molecule has 0 aliphatic heterocycles. The maximum Gasteiger partial charge on any atom is 0.333 e. The van der Waals surface area contributed by atoms with Gasteiger partial charge in [0.15, 0.2) is 0 Å². The Balaban J connectivity index is 1.56. The van der Waals surface area contributed by atoms with E-state index in [1.165, 1.54) is 0 Å². The number of benzene rings is 1. The molecule has 0 radical (unpaired) electrons. The Labute approximate surface area is 164 Å². The number of nitrogens with two attached hydrogens (primary N) is 1. The average molecular weight is 401 g/mol. The molecule has 3 N–H and O–H groups in total. The van der Waals surface area contributed by atoms with Crippen LogP contribution in [0.3, 0.4) is 0 Å². The molecule has 1 saturated carbocycles. The van der Waals surface area contributed by atoms with Crippen LogP contribution in [-0.2, 0) is 14.5 Å². The van der Waals surface area contributed by atoms with E-state index in [0.717, 1.165) is 35.4 Å². The van der Waals surface area contributed by atoms with Gasteiger partial charge >= 0.3 is 10.3 Å². The summed E-state index contributed by atoms with van der Waals surface area (Å²) >= 11 is 0. The van der Waals surface area contributed by atoms with Crippen molar-refractivity contribution in [1.29, 1.82) is 0 Å². The highest BCUT2D eigenvalue weighted by Gasteiger charge is 2.34. The van der Waals surface area contributed by atoms with Crippen LogP contribution < -0.4 is 10.5 Å². The van der Waals surface area contributed by atoms with Gasteiger partial charge in [0.2, 0.25) is 0 Å². The lowest BCUT2D eigenvalue weighted by Gasteiger charge is -2.14. The van der Waals surface area contributed by atoms with Crippen molar-refractivity contribution in [2.24, 2.45) is 17.0 Å². The van der Waals surface area contributed by atoms with Crippen LogP contribution >= 0.6 is 0 Å². The van der Waals surface area contributed by atoms with Crippen molar-refractivity contribution in [2.45, 2.75) is 25.8 Å². The molecule has 1 fully saturated rings. The molecular formula is C19H23N5O3S. The van der Waals surface area contributed by atoms with Crippen LogP contribution in [0.5, 0.6) is 0 Å². The third-order valence-electron chi connectivity index (χ3n) is 5.41. The summed E-state index contributed by atoms with van der Waals surface area (Å²) in [5.41, 5.74) is 1.82. The third kappa shape index (κ3) is 4.01. The first-order chi connectivity index (χ1) is 13.4. The molecule has 0 bridgehead atoms. The van der Waals surface area contributed by atoms with Gasteiger partial charge in [-0.25, -0.2) is 15.1 Å². The summed E-state index contributed by atoms with van der Waals surface area (Å²) in [6.07, 6.45) is 5.32. The van der Waals surface area contributed by atoms with E-state index in [9.17, 15) is 8.42 Å². The first-order valence-electron chi connectivity index (χ1n) is 9.21. The van der Waals surface area contributed by atoms with Crippen LogP contribution in [0.15, 0.2) is 48.9 Å². The van der Waals surface area contributed by atoms with Crippen LogP contribution in [-0.4, -0.2) is 29.6 Å². The summed E-state index contributed by atoms with van der Waals surface area (Å²) < 4.78 is 29.2. The third-order valence-corrected chi connectivity index (χ3v) is 5.87. The van der Waals surface area contributed by atoms with Gasteiger partial charge in [-0.15, -0.1) is 0 Å². The molecule has 1 aliphatic carbocycles. The van der Waals surface area contributed by atoms with E-state index in [1.54, 1.807) is 6.33 Å². The minimum Gasteiger partial charge on any atom is -0.340 e. The molecule has 1 aliphatic rings. The lowest BCUT2D eigenvalue weighted by atomic mass is 10.00. The maximum absolute atomic E-state index is 11.1. The maximum atomic E-state index is 11.1. The number of hydrogen-bond acceptors (Lipinski definition) is 6. The topological polar surface area (TPSA) is 112 Å². The Morgan fingerprint density at radius 1 is 1.21 bits per heavy atom. The Hall–Kier alpha value is -2.49. The molecule has 28 heavy (non-hydrogen) atoms. The lowest BCUT2D eigenvalue weighted by Crippen LogP contribution is -2.21. The number of hydrogen-bond donors (Lipinski definition) is 2. The van der Waals surface area contributed by atoms with Crippen LogP contribution in [0.1, 0.15) is 25.8 Å². The van der Waals surface area contributed by atoms with Gasteiger partial charge in [0.05, 0.1) is 12.0 Å². The van der Waals surface area contributed by atoms with E-state index in [4.69, 9.17) is 9.32 Å². The second kappa shape index (κ2) is 7.50. The summed E-state index contributed by atoms with van der Waals surface area (Å²) in [7, 11) is -3.91. The van der Waals surface area contributed by atoms with Gasteiger partial charge < -0.3 is 9.88 Å². The van der Waals surface area contributed by atoms with Crippen molar-refractivity contribution in [3.05, 3.63) is 48.9 Å². The molecule has 148 valence electrons. The summed E-state index contributed by atoms with van der Waals surface area (Å²) in [5, 5.41) is 9.25. The summed E-state index contributed by atoms with van der Waals surface area (Å²) in [4.78, 5) is 8.88. The van der Waals surface area contributed by atoms with E-state index in [0.29, 0.717) is 5.92 Å². The van der Waals surface area contributed by atoms with Crippen LogP contribution in [0.2, 0.25) is 0 Å². The molecule has 0 saturated heterocycles. The number of aromatic nitrogens is 3. The molecule has 1 aromatic carbocycles. The molecule has 8 nitrogen and oxygen atoms in total. The molecule has 0 unspecified atom stereocenters. The summed E-state index contributed by atoms with van der Waals surface area (Å²) in [5.74, 6) is 1.22. The highest BCUT2D eigenvalue weighted by atomic mass is 32.2. The monoisotopic (exact) mass is 401 g/mol. The number of fused-ring (bicyclic) bond motifs is 1. The van der Waals surface area contributed by atoms with Gasteiger partial charge in [0.1, 0.15) is 17.8 Å². The second-order valence-corrected chi connectivity index (χ2v) is 8.53. The zero-order valence-corrected chi connectivity index (χ0v) is 16.3. The van der Waals surface area contributed by atoms with Crippen LogP contribution in [0, 0.1) is 11.8 Å². The average Bonchev–Trinajstić information content (AvgIpc) is 3.24. The Morgan fingerprint density at radius 2 is 2.00 bits per heavy atom. The van der Waals surface area contributed by atoms with Gasteiger partial charge in [0, 0.05) is 17.9 Å². The van der Waals surface area contributed by atoms with Crippen molar-refractivity contribution in [3.8, 4) is 0 Å². The number of anilines is 2. The van der Waals surface area contributed by atoms with E-state index < -0.39 is 10.3 Å². The highest BCUT2D eigenvalue weighted by Crippen LogP contribution is 2.41. The van der Waals surface area contributed by atoms with E-state index in [2.05, 4.69) is 26.8 Å². The first-order valence-corrected chi connectivity index (χ1v) is 10.7. The molecule has 0 spiro atoms. The second-order valence-electron chi connectivity index (χ2n) is 7.31. The van der Waals surface area contributed by atoms with Crippen molar-refractivity contribution < 1.29 is 12.6 Å². The van der Waals surface area contributed by atoms with Crippen molar-refractivity contribution in [2.75, 3.05) is 11.9 Å². The van der Waals surface area contributed by atoms with Gasteiger partial charge in [-0.1, -0.05) is 25.1 Å². The first kappa shape index (κ1) is 18.9. The fourth-order valence-electron chi connectivity index (χ4n) is 3.96. The summed E-state index contributed by atoms with van der Waals surface area (Å²) in [6, 6.07) is 12.1. The molecule has 4 rings (SSSR count). The smallest absolute Gasteiger partial charge is 0.333 e. The molecule has 9 heteroatoms. The van der Waals surface area contributed by atoms with Crippen LogP contribution in [0.4, 0.5) is 11.5 Å². The largest absolute Gasteiger partial charge is 0.340 e. The molecular weight excluding hydrogens is 378 g/mol. The predicted octanol–water partition coefficient (Wildman–Crippen LogP) is 2.98. The number of para-hydroxylation sites is 1. The van der Waals surface area contributed by atoms with E-state index >= 15 is 0 Å². The number of nitrogens with zero attached hydrogens (tertiary/aromatic N) is 3. The normalized spacial score (nSPS) is 22.6. The standard InChI is InChI=1S/C19H23N5O3S/c1-13-9-16(10-14(13)11-27-28(20,25)26)24-8-7-17-18(21-12-22-19(17)24)23-15-5-3-2-4-6-15/h2-8,12-14,16H,9-11H2,1H3,(H2,20,25,26)(H,21,22,23)/t13-,14-,16-/m0/s1. The Morgan fingerprint density at radius 3 is 2.75 bits per heavy atom. The van der Waals surface area contributed by atoms with Crippen molar-refractivity contribution in [1.82, 2.24) is 14.5 Å². The van der Waals surface area contributed by atoms with Crippen molar-refractivity contribution in [3.63, 3.8) is 0 Å². The molecule has 3 aromatic rings. The molecule has 2 heterocycles. The summed E-state index contributed by atoms with van der Waals surface area (Å²) in [6.45, 7) is 2.23. The number of rotatable bonds is 6. The van der Waals surface area contributed by atoms with E-state index in [1.807, 2.05) is 42.6 Å². The van der Waals surface area contributed by atoms with Crippen molar-refractivity contribution >= 4 is 32.8 Å². The fourth-order valence-corrected chi connectivity index (χ4v) is 4.33. The predicted molar refractivity (Wildman–Crippen MR) is 107 cm³/mol. The lowest BCUT2D eigenvalue weighted by molar-refractivity contribution is 0.226. The SMILES string of the molecule is C[C@H]1C[C@H](n2ccc3c(Nc4ccccc4)ncnc32)C[C@H]1COS(N)(=O)=O. The Bertz CT molecular complexity index is 1070. The van der Waals surface area contributed by atoms with Gasteiger partial charge in [-0.3, -0.25) is 4.18 Å². The molecule has 0 amide bonds. The number of nitrogens with one attached hydrogen (secondary N) is 1. The van der Waals surface area contributed by atoms with Crippen LogP contribution in [0.25, 0.3) is 11.0 Å². The fraction of sp³-hybridized carbons (Fsp3) is 0.368. The Kier molecular flexibility index (Phi) is 5.05. The zero-order chi connectivity index (χ0) is 19.7. The van der Waals surface area contributed by atoms with Gasteiger partial charge in [-0.05, 0) is 42.9 Å².